The second-order valence-corrected chi connectivity index (χ2v) is 3.70. The standard InChI is InChI=1S/C11H14N2O/c1-4-9-10-11(14-6-13-10)8(5-12-9)7(2)3/h5-7H,4H2,1-3H3. The predicted molar refractivity (Wildman–Crippen MR) is 55.3 cm³/mol. The number of aromatic nitrogens is 2. The molecule has 0 spiro atoms. The van der Waals surface area contributed by atoms with Gasteiger partial charge in [0.15, 0.2) is 12.0 Å². The molecule has 0 aliphatic heterocycles. The molecule has 2 aromatic heterocycles. The maximum atomic E-state index is 5.40. The molecule has 0 radical (unpaired) electrons. The number of rotatable bonds is 2. The van der Waals surface area contributed by atoms with Crippen molar-refractivity contribution in [2.45, 2.75) is 33.1 Å². The Kier molecular flexibility index (Phi) is 2.23. The average molecular weight is 190 g/mol. The van der Waals surface area contributed by atoms with E-state index in [4.69, 9.17) is 4.42 Å². The molecule has 2 heterocycles. The van der Waals surface area contributed by atoms with Gasteiger partial charge in [0.2, 0.25) is 0 Å². The minimum absolute atomic E-state index is 0.420. The van der Waals surface area contributed by atoms with Gasteiger partial charge in [-0.05, 0) is 12.3 Å². The fourth-order valence-electron chi connectivity index (χ4n) is 1.59. The van der Waals surface area contributed by atoms with E-state index in [-0.39, 0.29) is 0 Å². The monoisotopic (exact) mass is 190 g/mol. The molecule has 3 nitrogen and oxygen atoms in total. The first-order valence-corrected chi connectivity index (χ1v) is 4.95. The summed E-state index contributed by atoms with van der Waals surface area (Å²) in [7, 11) is 0. The van der Waals surface area contributed by atoms with Crippen LogP contribution in [-0.2, 0) is 6.42 Å². The van der Waals surface area contributed by atoms with Gasteiger partial charge in [0.1, 0.15) is 5.52 Å². The van der Waals surface area contributed by atoms with Crippen molar-refractivity contribution in [3.8, 4) is 0 Å². The Balaban J connectivity index is 2.72. The SMILES string of the molecule is CCc1ncc(C(C)C)c2ocnc12. The molecule has 0 fully saturated rings. The first-order valence-electron chi connectivity index (χ1n) is 4.95. The molecule has 0 N–H and O–H groups in total. The van der Waals surface area contributed by atoms with Gasteiger partial charge in [-0.25, -0.2) is 4.98 Å². The summed E-state index contributed by atoms with van der Waals surface area (Å²) in [5.41, 5.74) is 3.96. The molecule has 0 saturated carbocycles. The third-order valence-corrected chi connectivity index (χ3v) is 2.42. The van der Waals surface area contributed by atoms with Crippen molar-refractivity contribution in [1.82, 2.24) is 9.97 Å². The first kappa shape index (κ1) is 9.19. The molecule has 2 rings (SSSR count). The minimum Gasteiger partial charge on any atom is -0.443 e. The molecular weight excluding hydrogens is 176 g/mol. The Bertz CT molecular complexity index is 445. The highest BCUT2D eigenvalue weighted by Gasteiger charge is 2.12. The zero-order valence-corrected chi connectivity index (χ0v) is 8.74. The highest BCUT2D eigenvalue weighted by Crippen LogP contribution is 2.25. The molecular formula is C11H14N2O. The Morgan fingerprint density at radius 2 is 2.14 bits per heavy atom. The second-order valence-electron chi connectivity index (χ2n) is 3.70. The highest BCUT2D eigenvalue weighted by molar-refractivity contribution is 5.78. The third kappa shape index (κ3) is 1.29. The van der Waals surface area contributed by atoms with Crippen molar-refractivity contribution in [2.75, 3.05) is 0 Å². The number of hydrogen-bond donors (Lipinski definition) is 0. The Morgan fingerprint density at radius 1 is 1.36 bits per heavy atom. The van der Waals surface area contributed by atoms with Gasteiger partial charge in [-0.15, -0.1) is 0 Å². The van der Waals surface area contributed by atoms with E-state index in [0.29, 0.717) is 5.92 Å². The van der Waals surface area contributed by atoms with Crippen LogP contribution in [0.5, 0.6) is 0 Å². The number of fused-ring (bicyclic) bond motifs is 1. The van der Waals surface area contributed by atoms with Crippen LogP contribution in [0.2, 0.25) is 0 Å². The maximum absolute atomic E-state index is 5.40. The molecule has 74 valence electrons. The summed E-state index contributed by atoms with van der Waals surface area (Å²) in [5.74, 6) is 0.420. The lowest BCUT2D eigenvalue weighted by molar-refractivity contribution is 0.594. The van der Waals surface area contributed by atoms with Crippen LogP contribution >= 0.6 is 0 Å². The van der Waals surface area contributed by atoms with Gasteiger partial charge in [0.25, 0.3) is 0 Å². The van der Waals surface area contributed by atoms with Crippen LogP contribution in [0.25, 0.3) is 11.1 Å². The quantitative estimate of drug-likeness (QED) is 0.730. The lowest BCUT2D eigenvalue weighted by Crippen LogP contribution is -1.95. The number of oxazole rings is 1. The third-order valence-electron chi connectivity index (χ3n) is 2.42. The lowest BCUT2D eigenvalue weighted by atomic mass is 10.0. The van der Waals surface area contributed by atoms with Crippen LogP contribution in [0.4, 0.5) is 0 Å². The van der Waals surface area contributed by atoms with Crippen molar-refractivity contribution in [3.63, 3.8) is 0 Å². The Labute approximate surface area is 83.2 Å². The summed E-state index contributed by atoms with van der Waals surface area (Å²) < 4.78 is 5.40. The molecule has 0 aromatic carbocycles. The molecule has 0 aliphatic rings. The summed E-state index contributed by atoms with van der Waals surface area (Å²) in [6.45, 7) is 6.33. The van der Waals surface area contributed by atoms with Gasteiger partial charge < -0.3 is 4.42 Å². The van der Waals surface area contributed by atoms with Crippen molar-refractivity contribution in [3.05, 3.63) is 23.8 Å². The number of aryl methyl sites for hydroxylation is 1. The lowest BCUT2D eigenvalue weighted by Gasteiger charge is -2.06. The number of pyridine rings is 1. The Hall–Kier alpha value is -1.38. The molecule has 0 atom stereocenters. The van der Waals surface area contributed by atoms with Gasteiger partial charge in [0.05, 0.1) is 5.69 Å². The van der Waals surface area contributed by atoms with Crippen molar-refractivity contribution in [1.29, 1.82) is 0 Å². The molecule has 0 amide bonds. The van der Waals surface area contributed by atoms with Crippen LogP contribution in [0.3, 0.4) is 0 Å². The summed E-state index contributed by atoms with van der Waals surface area (Å²) >= 11 is 0. The molecule has 0 aliphatic carbocycles. The first-order chi connectivity index (χ1) is 6.74. The van der Waals surface area contributed by atoms with E-state index in [1.165, 1.54) is 6.39 Å². The minimum atomic E-state index is 0.420. The fourth-order valence-corrected chi connectivity index (χ4v) is 1.59. The zero-order valence-electron chi connectivity index (χ0n) is 8.74. The average Bonchev–Trinajstić information content (AvgIpc) is 2.64. The van der Waals surface area contributed by atoms with E-state index in [1.54, 1.807) is 0 Å². The normalized spacial score (nSPS) is 11.4. The number of hydrogen-bond acceptors (Lipinski definition) is 3. The van der Waals surface area contributed by atoms with Crippen LogP contribution in [0.1, 0.15) is 37.9 Å². The van der Waals surface area contributed by atoms with E-state index in [9.17, 15) is 0 Å². The summed E-state index contributed by atoms with van der Waals surface area (Å²) in [6.07, 6.45) is 4.29. The van der Waals surface area contributed by atoms with Crippen molar-refractivity contribution < 1.29 is 4.42 Å². The van der Waals surface area contributed by atoms with Gasteiger partial charge in [-0.1, -0.05) is 20.8 Å². The summed E-state index contributed by atoms with van der Waals surface area (Å²) in [5, 5.41) is 0. The summed E-state index contributed by atoms with van der Waals surface area (Å²) in [6, 6.07) is 0. The topological polar surface area (TPSA) is 38.9 Å². The Morgan fingerprint density at radius 3 is 2.79 bits per heavy atom. The molecule has 14 heavy (non-hydrogen) atoms. The van der Waals surface area contributed by atoms with E-state index < -0.39 is 0 Å². The zero-order chi connectivity index (χ0) is 10.1. The van der Waals surface area contributed by atoms with Crippen LogP contribution in [-0.4, -0.2) is 9.97 Å². The molecule has 3 heteroatoms. The molecule has 0 saturated heterocycles. The molecule has 0 bridgehead atoms. The largest absolute Gasteiger partial charge is 0.443 e. The van der Waals surface area contributed by atoms with Gasteiger partial charge in [-0.2, -0.15) is 0 Å². The van der Waals surface area contributed by atoms with Crippen LogP contribution in [0.15, 0.2) is 17.0 Å². The van der Waals surface area contributed by atoms with E-state index >= 15 is 0 Å². The molecule has 2 aromatic rings. The van der Waals surface area contributed by atoms with Crippen LogP contribution < -0.4 is 0 Å². The van der Waals surface area contributed by atoms with E-state index in [0.717, 1.165) is 28.8 Å². The van der Waals surface area contributed by atoms with Gasteiger partial charge >= 0.3 is 0 Å². The molecule has 0 unspecified atom stereocenters. The predicted octanol–water partition coefficient (Wildman–Crippen LogP) is 2.91. The maximum Gasteiger partial charge on any atom is 0.182 e. The van der Waals surface area contributed by atoms with E-state index in [2.05, 4.69) is 30.7 Å². The number of nitrogens with zero attached hydrogens (tertiary/aromatic N) is 2. The smallest absolute Gasteiger partial charge is 0.182 e. The van der Waals surface area contributed by atoms with E-state index in [1.807, 2.05) is 6.20 Å². The highest BCUT2D eigenvalue weighted by atomic mass is 16.3. The summed E-state index contributed by atoms with van der Waals surface area (Å²) in [4.78, 5) is 8.60. The van der Waals surface area contributed by atoms with Gasteiger partial charge in [0, 0.05) is 11.8 Å². The van der Waals surface area contributed by atoms with Crippen molar-refractivity contribution in [2.24, 2.45) is 0 Å². The fraction of sp³-hybridized carbons (Fsp3) is 0.455. The van der Waals surface area contributed by atoms with Gasteiger partial charge in [-0.3, -0.25) is 4.98 Å². The van der Waals surface area contributed by atoms with Crippen molar-refractivity contribution >= 4 is 11.1 Å². The second kappa shape index (κ2) is 3.40. The van der Waals surface area contributed by atoms with Crippen LogP contribution in [0, 0.1) is 0 Å².